The number of fused-ring (bicyclic) bond motifs is 2. The molecule has 0 aliphatic heterocycles. The number of aliphatic hydroxyl groups is 4. The predicted molar refractivity (Wildman–Crippen MR) is 241 cm³/mol. The lowest BCUT2D eigenvalue weighted by molar-refractivity contribution is -0.175. The lowest BCUT2D eigenvalue weighted by atomic mass is 9.33. The van der Waals surface area contributed by atoms with Gasteiger partial charge in [-0.05, 0) is 90.2 Å². The minimum absolute atomic E-state index is 0.0578. The van der Waals surface area contributed by atoms with Crippen molar-refractivity contribution in [1.29, 1.82) is 0 Å². The van der Waals surface area contributed by atoms with Crippen molar-refractivity contribution in [3.63, 3.8) is 0 Å². The Morgan fingerprint density at radius 2 is 1.69 bits per heavy atom. The highest BCUT2D eigenvalue weighted by atomic mass is 16.4. The third-order valence-corrected chi connectivity index (χ3v) is 19.9. The molecule has 4 fully saturated rings. The fourth-order valence-electron chi connectivity index (χ4n) is 17.8. The minimum Gasteiger partial charge on any atom is -0.508 e. The highest BCUT2D eigenvalue weighted by molar-refractivity contribution is 6.03. The zero-order valence-corrected chi connectivity index (χ0v) is 37.4. The Labute approximate surface area is 374 Å². The van der Waals surface area contributed by atoms with Crippen molar-refractivity contribution in [2.24, 2.45) is 73.1 Å². The van der Waals surface area contributed by atoms with Gasteiger partial charge in [-0.1, -0.05) is 113 Å². The lowest BCUT2D eigenvalue weighted by Gasteiger charge is -2.71. The first-order chi connectivity index (χ1) is 30.2. The van der Waals surface area contributed by atoms with E-state index in [1.165, 1.54) is 6.92 Å². The highest BCUT2D eigenvalue weighted by Gasteiger charge is 2.90. The molecule has 13 atom stereocenters. The fourth-order valence-corrected chi connectivity index (χ4v) is 17.8. The van der Waals surface area contributed by atoms with Crippen LogP contribution in [-0.4, -0.2) is 71.9 Å². The summed E-state index contributed by atoms with van der Waals surface area (Å²) in [5.41, 5.74) is 5.63. The molecule has 0 amide bonds. The number of carboxylic acid groups (broad SMARTS) is 1. The smallest absolute Gasteiger partial charge is 0.334 e. The van der Waals surface area contributed by atoms with Crippen LogP contribution in [0.4, 0.5) is 0 Å². The number of aliphatic carboxylic acids is 1. The van der Waals surface area contributed by atoms with E-state index in [1.807, 2.05) is 75.4 Å². The second-order valence-electron chi connectivity index (χ2n) is 22.1. The monoisotopic (exact) mass is 867 g/mol. The van der Waals surface area contributed by atoms with E-state index in [1.54, 1.807) is 0 Å². The van der Waals surface area contributed by atoms with Crippen LogP contribution < -0.4 is 11.5 Å². The van der Waals surface area contributed by atoms with Crippen molar-refractivity contribution in [3.8, 4) is 0 Å². The van der Waals surface area contributed by atoms with Crippen LogP contribution in [0.1, 0.15) is 104 Å². The topological polar surface area (TPSA) is 217 Å². The Balaban J connectivity index is 1.31. The van der Waals surface area contributed by atoms with Gasteiger partial charge >= 0.3 is 5.97 Å². The molecule has 0 radical (unpaired) electrons. The van der Waals surface area contributed by atoms with Crippen LogP contribution in [0.15, 0.2) is 110 Å². The molecule has 1 aromatic rings. The van der Waals surface area contributed by atoms with Gasteiger partial charge in [-0.15, -0.1) is 0 Å². The Morgan fingerprint density at radius 1 is 0.969 bits per heavy atom. The van der Waals surface area contributed by atoms with Crippen LogP contribution in [0.5, 0.6) is 0 Å². The zero-order chi connectivity index (χ0) is 45.5. The number of carbonyl (C=O) groups excluding carboxylic acids is 2. The van der Waals surface area contributed by atoms with Crippen molar-refractivity contribution >= 4 is 29.6 Å². The van der Waals surface area contributed by atoms with Crippen LogP contribution in [0.3, 0.4) is 0 Å². The summed E-state index contributed by atoms with van der Waals surface area (Å²) < 4.78 is 0. The third-order valence-electron chi connectivity index (χ3n) is 19.9. The first-order valence-corrected chi connectivity index (χ1v) is 23.5. The molecule has 1 aromatic carbocycles. The first kappa shape index (κ1) is 41.8. The van der Waals surface area contributed by atoms with E-state index >= 15 is 4.79 Å². The number of rotatable bonds is 5. The highest BCUT2D eigenvalue weighted by Crippen LogP contribution is 2.89. The van der Waals surface area contributed by atoms with Crippen molar-refractivity contribution in [2.75, 3.05) is 0 Å². The minimum atomic E-state index is -2.31. The van der Waals surface area contributed by atoms with Gasteiger partial charge in [-0.2, -0.15) is 0 Å². The van der Waals surface area contributed by atoms with Gasteiger partial charge in [0.1, 0.15) is 22.7 Å². The molecule has 11 rings (SSSR count). The van der Waals surface area contributed by atoms with Gasteiger partial charge in [0, 0.05) is 57.8 Å². The Hall–Kier alpha value is -4.84. The van der Waals surface area contributed by atoms with Gasteiger partial charge in [-0.3, -0.25) is 9.59 Å². The molecule has 10 aliphatic carbocycles. The number of allylic oxidation sites excluding steroid dienone is 4. The van der Waals surface area contributed by atoms with Gasteiger partial charge in [0.2, 0.25) is 0 Å². The molecule has 11 nitrogen and oxygen atoms in total. The molecule has 4 bridgehead atoms. The summed E-state index contributed by atoms with van der Waals surface area (Å²) in [5, 5.41) is 65.6. The van der Waals surface area contributed by atoms with Gasteiger partial charge in [0.05, 0.1) is 11.6 Å². The van der Waals surface area contributed by atoms with Crippen molar-refractivity contribution in [3.05, 3.63) is 111 Å². The van der Waals surface area contributed by atoms with E-state index in [9.17, 15) is 35.1 Å². The molecule has 3 spiro atoms. The molecule has 64 heavy (non-hydrogen) atoms. The molecule has 0 saturated heterocycles. The fraction of sp³-hybridized carbons (Fsp3) is 0.547. The average Bonchev–Trinajstić information content (AvgIpc) is 3.70. The quantitative estimate of drug-likeness (QED) is 0.0545. The standard InChI is InChI=1S/C53H61N3O8/c1-27(44(60)61)43(59)52(63)32-17-15-30-24-31-25-51(62)33(16-14-29-12-8-6-9-13-29)40-46(3,4)36(58)19-22-48(40)20-10-7-11-21-49-26-35(57)39(48)42(51)47(49,5)53(31,64)41(37(30)32)50(49)23-18-34(56-45(54)55)38(52)28(50)2/h6,8-9,12-14,16-18,23,25,28,33-34,38,40-41,59,62-64H,7,10-11,15,19-22,24,26H2,1-5H3,(H,60,61)(H4,54,55,56). The molecule has 9 N–H and O–H groups in total. The second-order valence-corrected chi connectivity index (χ2v) is 22.1. The maximum Gasteiger partial charge on any atom is 0.334 e. The first-order valence-electron chi connectivity index (χ1n) is 23.5. The van der Waals surface area contributed by atoms with Crippen LogP contribution in [-0.2, 0) is 14.4 Å². The number of aliphatic hydroxyl groups excluding tert-OH is 1. The van der Waals surface area contributed by atoms with Crippen LogP contribution in [0.25, 0.3) is 6.08 Å². The van der Waals surface area contributed by atoms with E-state index < -0.39 is 96.8 Å². The van der Waals surface area contributed by atoms with Crippen LogP contribution in [0, 0.1) is 56.7 Å². The zero-order valence-electron chi connectivity index (χ0n) is 37.4. The number of aliphatic imine (C=N–C) groups is 1. The van der Waals surface area contributed by atoms with E-state index in [4.69, 9.17) is 11.5 Å². The summed E-state index contributed by atoms with van der Waals surface area (Å²) >= 11 is 0. The summed E-state index contributed by atoms with van der Waals surface area (Å²) in [6.07, 6.45) is 16.9. The van der Waals surface area contributed by atoms with Crippen molar-refractivity contribution in [1.82, 2.24) is 0 Å². The van der Waals surface area contributed by atoms with Gasteiger partial charge in [0.25, 0.3) is 0 Å². The normalized spacial score (nSPS) is 45.7. The van der Waals surface area contributed by atoms with Crippen molar-refractivity contribution in [2.45, 2.75) is 122 Å². The number of benzene rings is 1. The van der Waals surface area contributed by atoms with Crippen molar-refractivity contribution < 1.29 is 39.9 Å². The molecule has 4 saturated carbocycles. The van der Waals surface area contributed by atoms with Gasteiger partial charge in [-0.25, -0.2) is 9.79 Å². The molecule has 13 unspecified atom stereocenters. The second kappa shape index (κ2) is 12.7. The SMILES string of the molecule is CC(C(=O)O)=C(O)C1(O)C2=CCC3=C2C2C4(O)C(=CC5(O)C6=C7C(=O)CC(CCCCCC78CCC(=O)C(C)(C)C8C5C=Cc5ccccc5)(C25C=CC(N=C(N)N)C1C5C)C64C)C3. The summed E-state index contributed by atoms with van der Waals surface area (Å²) in [6.45, 7) is 9.42. The van der Waals surface area contributed by atoms with Gasteiger partial charge < -0.3 is 37.0 Å². The Morgan fingerprint density at radius 3 is 2.39 bits per heavy atom. The number of nitrogens with zero attached hydrogens (tertiary/aromatic N) is 1. The number of hydrogen-bond acceptors (Lipinski definition) is 8. The van der Waals surface area contributed by atoms with E-state index in [2.05, 4.69) is 24.1 Å². The predicted octanol–water partition coefficient (Wildman–Crippen LogP) is 6.72. The van der Waals surface area contributed by atoms with E-state index in [-0.39, 0.29) is 30.4 Å². The molecule has 0 aromatic heterocycles. The van der Waals surface area contributed by atoms with E-state index in [0.29, 0.717) is 60.0 Å². The summed E-state index contributed by atoms with van der Waals surface area (Å²) in [6, 6.07) is 9.01. The average molecular weight is 868 g/mol. The largest absolute Gasteiger partial charge is 0.508 e. The number of carbonyl (C=O) groups is 3. The summed E-state index contributed by atoms with van der Waals surface area (Å²) in [5.74, 6) is -5.89. The molecule has 10 aliphatic rings. The van der Waals surface area contributed by atoms with Gasteiger partial charge in [0.15, 0.2) is 17.3 Å². The molecular weight excluding hydrogens is 807 g/mol. The number of ketones is 2. The number of hydrogen-bond donors (Lipinski definition) is 7. The molecular formula is C53H61N3O8. The third kappa shape index (κ3) is 4.33. The molecule has 11 heteroatoms. The maximum absolute atomic E-state index is 16.3. The lowest BCUT2D eigenvalue weighted by Crippen LogP contribution is -2.72. The maximum atomic E-state index is 16.3. The summed E-state index contributed by atoms with van der Waals surface area (Å²) in [7, 11) is 0. The molecule has 0 heterocycles. The Bertz CT molecular complexity index is 2650. The number of guanidine groups is 1. The molecule has 336 valence electrons. The van der Waals surface area contributed by atoms with E-state index in [0.717, 1.165) is 30.4 Å². The number of carboxylic acids is 1. The number of nitrogens with two attached hydrogens (primary N) is 2. The van der Waals surface area contributed by atoms with Crippen LogP contribution >= 0.6 is 0 Å². The number of Topliss-reactive ketones (excluding diaryl/α,β-unsaturated/α-hetero) is 2. The summed E-state index contributed by atoms with van der Waals surface area (Å²) in [4.78, 5) is 48.0. The van der Waals surface area contributed by atoms with Crippen LogP contribution in [0.2, 0.25) is 0 Å². The Kier molecular flexibility index (Phi) is 8.32.